The van der Waals surface area contributed by atoms with E-state index >= 15 is 0 Å². The molecule has 7 nitrogen and oxygen atoms in total. The zero-order chi connectivity index (χ0) is 26.3. The van der Waals surface area contributed by atoms with Crippen molar-refractivity contribution in [3.05, 3.63) is 57.5 Å². The Labute approximate surface area is 227 Å². The van der Waals surface area contributed by atoms with Crippen molar-refractivity contribution in [2.45, 2.75) is 77.4 Å². The Morgan fingerprint density at radius 2 is 2.11 bits per heavy atom. The maximum atomic E-state index is 11.1. The largest absolute Gasteiger partial charge is 0.481 e. The summed E-state index contributed by atoms with van der Waals surface area (Å²) in [5.74, 6) is -0.261. The highest BCUT2D eigenvalue weighted by Gasteiger charge is 2.35. The summed E-state index contributed by atoms with van der Waals surface area (Å²) in [5, 5.41) is 15.1. The van der Waals surface area contributed by atoms with E-state index in [1.165, 1.54) is 5.57 Å². The second kappa shape index (κ2) is 10.7. The number of likely N-dealkylation sites (tertiary alicyclic amines) is 1. The molecule has 5 rings (SSSR count). The number of carboxylic acids is 1. The van der Waals surface area contributed by atoms with Crippen LogP contribution in [0.1, 0.15) is 75.4 Å². The predicted octanol–water partition coefficient (Wildman–Crippen LogP) is 6.56. The summed E-state index contributed by atoms with van der Waals surface area (Å²) in [4.78, 5) is 23.5. The van der Waals surface area contributed by atoms with Crippen LogP contribution in [0.25, 0.3) is 16.7 Å². The van der Waals surface area contributed by atoms with E-state index in [9.17, 15) is 4.79 Å². The number of carboxylic acid groups (broad SMARTS) is 1. The smallest absolute Gasteiger partial charge is 0.303 e. The lowest BCUT2D eigenvalue weighted by Crippen LogP contribution is -2.44. The zero-order valence-corrected chi connectivity index (χ0v) is 23.0. The fourth-order valence-electron chi connectivity index (χ4n) is 6.08. The van der Waals surface area contributed by atoms with Crippen molar-refractivity contribution in [3.63, 3.8) is 0 Å². The highest BCUT2D eigenvalue weighted by atomic mass is 35.5. The van der Waals surface area contributed by atoms with Crippen molar-refractivity contribution < 1.29 is 9.90 Å². The van der Waals surface area contributed by atoms with Crippen molar-refractivity contribution in [1.82, 2.24) is 24.6 Å². The SMILES string of the molecule is Cc1nn([C@H](C)c2ccc(Cl)cc2Cl)c2nc(C3=CC[C@H](N4CCCC4CCC(=O)O)[C@H](C)C3)cnc12. The molecule has 3 aromatic rings. The Kier molecular flexibility index (Phi) is 7.57. The molecule has 2 aromatic heterocycles. The third-order valence-electron chi connectivity index (χ3n) is 8.02. The normalized spacial score (nSPS) is 23.4. The van der Waals surface area contributed by atoms with Crippen LogP contribution in [0.4, 0.5) is 0 Å². The molecule has 9 heteroatoms. The Hall–Kier alpha value is -2.48. The molecule has 1 N–H and O–H groups in total. The predicted molar refractivity (Wildman–Crippen MR) is 147 cm³/mol. The third-order valence-corrected chi connectivity index (χ3v) is 8.59. The van der Waals surface area contributed by atoms with E-state index in [-0.39, 0.29) is 12.5 Å². The molecule has 1 aromatic carbocycles. The number of carbonyl (C=O) groups is 1. The average Bonchev–Trinajstić information content (AvgIpc) is 3.46. The van der Waals surface area contributed by atoms with Crippen LogP contribution in [-0.2, 0) is 4.79 Å². The third kappa shape index (κ3) is 5.27. The van der Waals surface area contributed by atoms with Gasteiger partial charge in [0.15, 0.2) is 5.65 Å². The summed E-state index contributed by atoms with van der Waals surface area (Å²) in [5.41, 5.74) is 5.40. The fraction of sp³-hybridized carbons (Fsp3) is 0.500. The van der Waals surface area contributed by atoms with Gasteiger partial charge in [-0.2, -0.15) is 5.10 Å². The lowest BCUT2D eigenvalue weighted by Gasteiger charge is -2.39. The van der Waals surface area contributed by atoms with Gasteiger partial charge in [-0.25, -0.2) is 14.6 Å². The summed E-state index contributed by atoms with van der Waals surface area (Å²) in [7, 11) is 0. The summed E-state index contributed by atoms with van der Waals surface area (Å²) in [6.45, 7) is 7.36. The number of hydrogen-bond acceptors (Lipinski definition) is 5. The highest BCUT2D eigenvalue weighted by molar-refractivity contribution is 6.35. The number of fused-ring (bicyclic) bond motifs is 1. The number of rotatable bonds is 7. The molecule has 2 aliphatic rings. The molecule has 0 saturated carbocycles. The van der Waals surface area contributed by atoms with E-state index in [1.54, 1.807) is 6.07 Å². The maximum Gasteiger partial charge on any atom is 0.303 e. The van der Waals surface area contributed by atoms with Crippen LogP contribution in [-0.4, -0.2) is 54.4 Å². The van der Waals surface area contributed by atoms with Crippen LogP contribution < -0.4 is 0 Å². The Bertz CT molecular complexity index is 1350. The number of aromatic nitrogens is 4. The van der Waals surface area contributed by atoms with E-state index in [0.29, 0.717) is 28.0 Å². The Morgan fingerprint density at radius 1 is 1.30 bits per heavy atom. The topological polar surface area (TPSA) is 84.1 Å². The first-order chi connectivity index (χ1) is 17.7. The molecule has 1 aliphatic carbocycles. The molecule has 1 saturated heterocycles. The molecule has 4 atom stereocenters. The number of benzene rings is 1. The van der Waals surface area contributed by atoms with Crippen molar-refractivity contribution in [2.24, 2.45) is 5.92 Å². The van der Waals surface area contributed by atoms with Crippen LogP contribution in [0.3, 0.4) is 0 Å². The van der Waals surface area contributed by atoms with Gasteiger partial charge in [-0.3, -0.25) is 9.69 Å². The van der Waals surface area contributed by atoms with Gasteiger partial charge >= 0.3 is 5.97 Å². The maximum absolute atomic E-state index is 11.1. The van der Waals surface area contributed by atoms with Crippen LogP contribution in [0.5, 0.6) is 0 Å². The van der Waals surface area contributed by atoms with Crippen molar-refractivity contribution >= 4 is 45.9 Å². The van der Waals surface area contributed by atoms with Gasteiger partial charge in [0.2, 0.25) is 0 Å². The first kappa shape index (κ1) is 26.1. The van der Waals surface area contributed by atoms with Crippen LogP contribution >= 0.6 is 23.2 Å². The summed E-state index contributed by atoms with van der Waals surface area (Å²) < 4.78 is 1.91. The van der Waals surface area contributed by atoms with Gasteiger partial charge in [-0.15, -0.1) is 0 Å². The van der Waals surface area contributed by atoms with E-state index in [4.69, 9.17) is 43.4 Å². The summed E-state index contributed by atoms with van der Waals surface area (Å²) >= 11 is 12.6. The van der Waals surface area contributed by atoms with Crippen LogP contribution in [0.15, 0.2) is 30.5 Å². The minimum absolute atomic E-state index is 0.132. The molecule has 1 aliphatic heterocycles. The second-order valence-electron chi connectivity index (χ2n) is 10.5. The minimum Gasteiger partial charge on any atom is -0.481 e. The molecule has 37 heavy (non-hydrogen) atoms. The number of aryl methyl sites for hydroxylation is 1. The molecule has 0 amide bonds. The summed E-state index contributed by atoms with van der Waals surface area (Å²) in [6.07, 6.45) is 9.24. The molecule has 3 heterocycles. The first-order valence-electron chi connectivity index (χ1n) is 13.1. The van der Waals surface area contributed by atoms with Gasteiger partial charge in [0, 0.05) is 28.5 Å². The van der Waals surface area contributed by atoms with Gasteiger partial charge < -0.3 is 5.11 Å². The molecule has 0 spiro atoms. The van der Waals surface area contributed by atoms with Crippen molar-refractivity contribution in [1.29, 1.82) is 0 Å². The molecular weight excluding hydrogens is 509 g/mol. The van der Waals surface area contributed by atoms with Gasteiger partial charge in [0.25, 0.3) is 0 Å². The molecule has 0 radical (unpaired) electrons. The fourth-order valence-corrected chi connectivity index (χ4v) is 6.64. The minimum atomic E-state index is -0.707. The zero-order valence-electron chi connectivity index (χ0n) is 21.5. The Morgan fingerprint density at radius 3 is 2.84 bits per heavy atom. The van der Waals surface area contributed by atoms with Gasteiger partial charge in [-0.1, -0.05) is 42.3 Å². The van der Waals surface area contributed by atoms with Crippen molar-refractivity contribution in [2.75, 3.05) is 6.54 Å². The Balaban J connectivity index is 1.41. The molecule has 1 fully saturated rings. The van der Waals surface area contributed by atoms with E-state index in [2.05, 4.69) is 24.8 Å². The standard InChI is InChI=1S/C28H33Cl2N5O2/c1-16-13-19(6-10-25(16)34-12-4-5-21(34)8-11-26(36)37)24-15-31-27-17(2)33-35(28(27)32-24)18(3)22-9-7-20(29)14-23(22)30/h6-7,9,14-16,18,21,25H,4-5,8,10-13H2,1-3H3,(H,36,37)/t16-,18-,21?,25+/m1/s1. The molecule has 196 valence electrons. The van der Waals surface area contributed by atoms with E-state index in [0.717, 1.165) is 66.8 Å². The van der Waals surface area contributed by atoms with E-state index < -0.39 is 5.97 Å². The number of allylic oxidation sites excluding steroid dienone is 1. The number of nitrogens with zero attached hydrogens (tertiary/aromatic N) is 5. The first-order valence-corrected chi connectivity index (χ1v) is 13.8. The number of hydrogen-bond donors (Lipinski definition) is 1. The lowest BCUT2D eigenvalue weighted by atomic mass is 9.83. The van der Waals surface area contributed by atoms with Gasteiger partial charge in [0.05, 0.1) is 23.6 Å². The molecule has 1 unspecified atom stereocenters. The lowest BCUT2D eigenvalue weighted by molar-refractivity contribution is -0.137. The van der Waals surface area contributed by atoms with Crippen LogP contribution in [0, 0.1) is 12.8 Å². The monoisotopic (exact) mass is 541 g/mol. The molecule has 0 bridgehead atoms. The van der Waals surface area contributed by atoms with Crippen LogP contribution in [0.2, 0.25) is 10.0 Å². The van der Waals surface area contributed by atoms with Gasteiger partial charge in [-0.05, 0) is 81.7 Å². The molecular formula is C28H33Cl2N5O2. The average molecular weight is 543 g/mol. The summed E-state index contributed by atoms with van der Waals surface area (Å²) in [6, 6.07) is 6.19. The van der Waals surface area contributed by atoms with Gasteiger partial charge in [0.1, 0.15) is 5.52 Å². The van der Waals surface area contributed by atoms with Crippen molar-refractivity contribution in [3.8, 4) is 0 Å². The van der Waals surface area contributed by atoms with E-state index in [1.807, 2.05) is 29.9 Å². The number of aliphatic carboxylic acids is 1. The second-order valence-corrected chi connectivity index (χ2v) is 11.3. The quantitative estimate of drug-likeness (QED) is 0.364. The number of halogens is 2. The highest BCUT2D eigenvalue weighted by Crippen LogP contribution is 2.37.